The lowest BCUT2D eigenvalue weighted by molar-refractivity contribution is -0.345. The summed E-state index contributed by atoms with van der Waals surface area (Å²) in [5, 5.41) is 55.6. The summed E-state index contributed by atoms with van der Waals surface area (Å²) in [7, 11) is 0. The van der Waals surface area contributed by atoms with Gasteiger partial charge in [0, 0.05) is 22.7 Å². The van der Waals surface area contributed by atoms with E-state index < -0.39 is 82.4 Å². The van der Waals surface area contributed by atoms with Gasteiger partial charge in [-0.15, -0.1) is 0 Å². The van der Waals surface area contributed by atoms with Gasteiger partial charge in [-0.25, -0.2) is 9.59 Å². The lowest BCUT2D eigenvalue weighted by Gasteiger charge is -2.68. The molecule has 35 heavy (non-hydrogen) atoms. The highest BCUT2D eigenvalue weighted by Crippen LogP contribution is 2.74. The monoisotopic (exact) mass is 496 g/mol. The number of fused-ring (bicyclic) bond motifs is 1. The number of rotatable bonds is 3. The molecule has 0 aromatic rings. The Morgan fingerprint density at radius 2 is 1.94 bits per heavy atom. The number of esters is 2. The summed E-state index contributed by atoms with van der Waals surface area (Å²) < 4.78 is 17.4. The van der Waals surface area contributed by atoms with Crippen molar-refractivity contribution in [1.82, 2.24) is 0 Å². The number of aliphatic hydroxyl groups is 5. The molecule has 0 aromatic carbocycles. The van der Waals surface area contributed by atoms with Crippen LogP contribution >= 0.6 is 0 Å². The number of carbonyl (C=O) groups excluding carboxylic acids is 2. The van der Waals surface area contributed by atoms with Crippen LogP contribution in [-0.4, -0.2) is 86.0 Å². The lowest BCUT2D eigenvalue weighted by Crippen LogP contribution is -2.78. The van der Waals surface area contributed by atoms with Crippen LogP contribution < -0.4 is 0 Å². The molecule has 2 heterocycles. The standard InChI is InChI=1S/C25H36O10/c1-6-22(4,31)21(30)35-16-15-11(3)17(27)25(32)20-23(5)12(10(2)7-13(26)18(23)28)8-14(34-19(16)29)24(15,20)9-33-25/h7,11-18,20,26-28,31-32H,6,8-9H2,1-5H3/t11-,12+,13+,14-,15?,16-,17-,18-,20-,22?,23-,24+,25?/m1/s1. The van der Waals surface area contributed by atoms with Crippen LogP contribution in [0.25, 0.3) is 0 Å². The van der Waals surface area contributed by atoms with Crippen molar-refractivity contribution in [2.24, 2.45) is 34.5 Å². The largest absolute Gasteiger partial charge is 0.459 e. The fourth-order valence-corrected chi connectivity index (χ4v) is 8.28. The van der Waals surface area contributed by atoms with Gasteiger partial charge in [-0.05, 0) is 38.5 Å². The molecule has 4 fully saturated rings. The third-order valence-electron chi connectivity index (χ3n) is 10.2. The third-order valence-corrected chi connectivity index (χ3v) is 10.2. The maximum absolute atomic E-state index is 13.3. The zero-order chi connectivity index (χ0) is 25.9. The molecule has 2 saturated heterocycles. The summed E-state index contributed by atoms with van der Waals surface area (Å²) in [6.07, 6.45) is -4.18. The van der Waals surface area contributed by atoms with Gasteiger partial charge in [0.05, 0.1) is 18.8 Å². The van der Waals surface area contributed by atoms with Crippen LogP contribution in [0.1, 0.15) is 47.5 Å². The van der Waals surface area contributed by atoms with Crippen molar-refractivity contribution in [2.45, 2.75) is 89.4 Å². The summed E-state index contributed by atoms with van der Waals surface area (Å²) >= 11 is 0. The van der Waals surface area contributed by atoms with Crippen LogP contribution in [-0.2, 0) is 23.8 Å². The van der Waals surface area contributed by atoms with Gasteiger partial charge in [-0.1, -0.05) is 32.4 Å². The highest BCUT2D eigenvalue weighted by Gasteiger charge is 2.83. The van der Waals surface area contributed by atoms with Gasteiger partial charge in [0.15, 0.2) is 11.4 Å². The lowest BCUT2D eigenvalue weighted by atomic mass is 9.38. The molecule has 10 heteroatoms. The maximum atomic E-state index is 13.3. The van der Waals surface area contributed by atoms with E-state index >= 15 is 0 Å². The molecule has 0 aromatic heterocycles. The zero-order valence-electron chi connectivity index (χ0n) is 20.7. The van der Waals surface area contributed by atoms with E-state index in [-0.39, 0.29) is 18.9 Å². The number of carbonyl (C=O) groups is 2. The van der Waals surface area contributed by atoms with Gasteiger partial charge in [-0.3, -0.25) is 0 Å². The summed E-state index contributed by atoms with van der Waals surface area (Å²) in [6.45, 7) is 8.06. The predicted octanol–water partition coefficient (Wildman–Crippen LogP) is -0.359. The molecule has 5 N–H and O–H groups in total. The minimum absolute atomic E-state index is 0.0607. The Hall–Kier alpha value is -1.56. The summed E-state index contributed by atoms with van der Waals surface area (Å²) in [6, 6.07) is 0. The normalized spacial score (nSPS) is 54.1. The topological polar surface area (TPSA) is 163 Å². The Kier molecular flexibility index (Phi) is 5.37. The van der Waals surface area contributed by atoms with E-state index in [0.29, 0.717) is 6.42 Å². The molecule has 5 rings (SSSR count). The predicted molar refractivity (Wildman–Crippen MR) is 118 cm³/mol. The van der Waals surface area contributed by atoms with E-state index in [9.17, 15) is 35.1 Å². The van der Waals surface area contributed by atoms with Crippen LogP contribution in [0.15, 0.2) is 11.6 Å². The number of aliphatic hydroxyl groups excluding tert-OH is 3. The Morgan fingerprint density at radius 1 is 1.29 bits per heavy atom. The second-order valence-electron chi connectivity index (χ2n) is 11.8. The highest BCUT2D eigenvalue weighted by molar-refractivity contribution is 5.84. The van der Waals surface area contributed by atoms with Crippen molar-refractivity contribution in [3.05, 3.63) is 11.6 Å². The number of allylic oxidation sites excluding steroid dienone is 1. The Bertz CT molecular complexity index is 977. The van der Waals surface area contributed by atoms with E-state index in [1.165, 1.54) is 6.92 Å². The molecule has 2 saturated carbocycles. The maximum Gasteiger partial charge on any atom is 0.348 e. The van der Waals surface area contributed by atoms with Gasteiger partial charge in [0.1, 0.15) is 12.2 Å². The molecule has 10 nitrogen and oxygen atoms in total. The van der Waals surface area contributed by atoms with Gasteiger partial charge >= 0.3 is 11.9 Å². The third kappa shape index (κ3) is 2.86. The summed E-state index contributed by atoms with van der Waals surface area (Å²) in [5.74, 6) is -6.72. The molecule has 3 unspecified atom stereocenters. The molecule has 0 radical (unpaired) electrons. The Morgan fingerprint density at radius 3 is 2.57 bits per heavy atom. The fourth-order valence-electron chi connectivity index (χ4n) is 8.28. The molecule has 2 aliphatic heterocycles. The number of ether oxygens (including phenoxy) is 3. The minimum atomic E-state index is -2.08. The first-order chi connectivity index (χ1) is 16.2. The second kappa shape index (κ2) is 7.49. The van der Waals surface area contributed by atoms with E-state index in [0.717, 1.165) is 5.57 Å². The SMILES string of the molecule is CCC(C)(O)C(=O)O[C@H]1C(=O)O[C@@H]2C[C@H]3C(C)=C[C@H](O)[C@@H](O)[C@]3(C)[C@H]3C4(O)OC[C@@]23C1[C@@H](C)[C@H]4O. The second-order valence-corrected chi connectivity index (χ2v) is 11.8. The summed E-state index contributed by atoms with van der Waals surface area (Å²) in [4.78, 5) is 26.1. The number of hydrogen-bond donors (Lipinski definition) is 5. The first-order valence-electron chi connectivity index (χ1n) is 12.4. The van der Waals surface area contributed by atoms with Gasteiger partial charge in [0.25, 0.3) is 0 Å². The molecule has 5 aliphatic rings. The van der Waals surface area contributed by atoms with Crippen LogP contribution in [0.2, 0.25) is 0 Å². The minimum Gasteiger partial charge on any atom is -0.459 e. The van der Waals surface area contributed by atoms with E-state index in [1.807, 2.05) is 6.92 Å². The average molecular weight is 497 g/mol. The molecule has 196 valence electrons. The molecule has 0 amide bonds. The van der Waals surface area contributed by atoms with Gasteiger partial charge < -0.3 is 39.7 Å². The van der Waals surface area contributed by atoms with Crippen LogP contribution in [0.3, 0.4) is 0 Å². The highest BCUT2D eigenvalue weighted by atomic mass is 16.7. The van der Waals surface area contributed by atoms with Gasteiger partial charge in [0.2, 0.25) is 6.10 Å². The molecule has 1 spiro atoms. The van der Waals surface area contributed by atoms with Crippen molar-refractivity contribution in [1.29, 1.82) is 0 Å². The quantitative estimate of drug-likeness (QED) is 0.258. The Labute approximate surface area is 203 Å². The van der Waals surface area contributed by atoms with Crippen LogP contribution in [0.5, 0.6) is 0 Å². The van der Waals surface area contributed by atoms with E-state index in [4.69, 9.17) is 14.2 Å². The first kappa shape index (κ1) is 25.1. The fraction of sp³-hybridized carbons (Fsp3) is 0.840. The molecule has 13 atom stereocenters. The zero-order valence-corrected chi connectivity index (χ0v) is 20.7. The van der Waals surface area contributed by atoms with Crippen molar-refractivity contribution in [3.8, 4) is 0 Å². The first-order valence-corrected chi connectivity index (χ1v) is 12.4. The van der Waals surface area contributed by atoms with E-state index in [2.05, 4.69) is 0 Å². The molecular formula is C25H36O10. The van der Waals surface area contributed by atoms with Crippen molar-refractivity contribution in [3.63, 3.8) is 0 Å². The smallest absolute Gasteiger partial charge is 0.348 e. The Balaban J connectivity index is 1.68. The number of hydrogen-bond acceptors (Lipinski definition) is 10. The van der Waals surface area contributed by atoms with Crippen LogP contribution in [0, 0.1) is 34.5 Å². The molecule has 2 bridgehead atoms. The average Bonchev–Trinajstić information content (AvgIpc) is 3.08. The van der Waals surface area contributed by atoms with Gasteiger partial charge in [-0.2, -0.15) is 0 Å². The van der Waals surface area contributed by atoms with Crippen molar-refractivity contribution >= 4 is 11.9 Å². The summed E-state index contributed by atoms with van der Waals surface area (Å²) in [5.41, 5.74) is -3.29. The van der Waals surface area contributed by atoms with E-state index in [1.54, 1.807) is 26.8 Å². The molecular weight excluding hydrogens is 460 g/mol. The van der Waals surface area contributed by atoms with Crippen LogP contribution in [0.4, 0.5) is 0 Å². The molecule has 3 aliphatic carbocycles. The van der Waals surface area contributed by atoms with Crippen molar-refractivity contribution in [2.75, 3.05) is 6.61 Å². The van der Waals surface area contributed by atoms with Crippen molar-refractivity contribution < 1.29 is 49.3 Å².